The first-order chi connectivity index (χ1) is 15.2. The third-order valence-corrected chi connectivity index (χ3v) is 7.08. The summed E-state index contributed by atoms with van der Waals surface area (Å²) in [6.45, 7) is 2.50. The highest BCUT2D eigenvalue weighted by molar-refractivity contribution is 5.64. The van der Waals surface area contributed by atoms with Gasteiger partial charge in [-0.2, -0.15) is 17.6 Å². The molecule has 2 aromatic carbocycles. The quantitative estimate of drug-likeness (QED) is 0.251. The molecule has 0 heterocycles. The molecule has 0 spiro atoms. The number of benzene rings is 2. The van der Waals surface area contributed by atoms with Crippen molar-refractivity contribution < 1.29 is 17.6 Å². The van der Waals surface area contributed by atoms with Crippen molar-refractivity contribution in [1.29, 1.82) is 0 Å². The van der Waals surface area contributed by atoms with E-state index in [1.54, 1.807) is 0 Å². The third kappa shape index (κ3) is 6.14. The Morgan fingerprint density at radius 3 is 1.78 bits per heavy atom. The lowest BCUT2D eigenvalue weighted by Crippen LogP contribution is -2.34. The molecule has 0 saturated heterocycles. The van der Waals surface area contributed by atoms with Gasteiger partial charge in [0.25, 0.3) is 0 Å². The summed E-state index contributed by atoms with van der Waals surface area (Å²) < 4.78 is 54.1. The van der Waals surface area contributed by atoms with Crippen LogP contribution in [0.15, 0.2) is 48.5 Å². The van der Waals surface area contributed by atoms with Crippen LogP contribution in [0.25, 0.3) is 11.1 Å². The number of rotatable bonds is 10. The Hall–Kier alpha value is -1.84. The first kappa shape index (κ1) is 24.8. The van der Waals surface area contributed by atoms with Crippen LogP contribution in [-0.2, 0) is 5.92 Å². The molecule has 176 valence electrons. The standard InChI is InChI=1S/C28H36F4/c1-3-4-5-6-7-8-21-9-11-22(12-10-21)23-13-15-24(16-14-23)25-17-19-26(20-18-25)28(31,32)27(2,29)30/h13-22H,3-12H2,1-2H3/t21-,22-. The molecule has 1 aliphatic carbocycles. The molecule has 2 aromatic rings. The van der Waals surface area contributed by atoms with Gasteiger partial charge in [0.1, 0.15) is 0 Å². The highest BCUT2D eigenvalue weighted by Gasteiger charge is 2.53. The van der Waals surface area contributed by atoms with E-state index in [0.29, 0.717) is 5.92 Å². The van der Waals surface area contributed by atoms with Crippen LogP contribution in [0.5, 0.6) is 0 Å². The van der Waals surface area contributed by atoms with E-state index in [1.807, 2.05) is 12.1 Å². The molecule has 0 nitrogen and oxygen atoms in total. The van der Waals surface area contributed by atoms with Crippen LogP contribution < -0.4 is 0 Å². The minimum atomic E-state index is -4.18. The van der Waals surface area contributed by atoms with Crippen LogP contribution in [-0.4, -0.2) is 5.92 Å². The minimum absolute atomic E-state index is 0.251. The van der Waals surface area contributed by atoms with Crippen molar-refractivity contribution in [3.05, 3.63) is 59.7 Å². The van der Waals surface area contributed by atoms with Gasteiger partial charge >= 0.3 is 11.8 Å². The van der Waals surface area contributed by atoms with Gasteiger partial charge in [0.15, 0.2) is 0 Å². The van der Waals surface area contributed by atoms with Crippen LogP contribution in [0.2, 0.25) is 0 Å². The van der Waals surface area contributed by atoms with Crippen LogP contribution in [0.1, 0.15) is 95.1 Å². The molecule has 0 bridgehead atoms. The Morgan fingerprint density at radius 2 is 1.25 bits per heavy atom. The van der Waals surface area contributed by atoms with E-state index in [1.165, 1.54) is 81.9 Å². The second-order valence-electron chi connectivity index (χ2n) is 9.58. The molecule has 1 fully saturated rings. The molecule has 0 aromatic heterocycles. The Balaban J connectivity index is 1.54. The first-order valence-electron chi connectivity index (χ1n) is 12.2. The van der Waals surface area contributed by atoms with Gasteiger partial charge in [-0.25, -0.2) is 0 Å². The predicted octanol–water partition coefficient (Wildman–Crippen LogP) is 9.73. The lowest BCUT2D eigenvalue weighted by atomic mass is 9.77. The first-order valence-corrected chi connectivity index (χ1v) is 12.2. The van der Waals surface area contributed by atoms with E-state index < -0.39 is 17.4 Å². The zero-order valence-electron chi connectivity index (χ0n) is 19.4. The van der Waals surface area contributed by atoms with Gasteiger partial charge < -0.3 is 0 Å². The molecule has 0 aliphatic heterocycles. The minimum Gasteiger partial charge on any atom is -0.200 e. The fourth-order valence-electron chi connectivity index (χ4n) is 4.89. The van der Waals surface area contributed by atoms with Crippen LogP contribution >= 0.6 is 0 Å². The Bertz CT molecular complexity index is 810. The average molecular weight is 449 g/mol. The summed E-state index contributed by atoms with van der Waals surface area (Å²) in [6.07, 6.45) is 13.2. The monoisotopic (exact) mass is 448 g/mol. The van der Waals surface area contributed by atoms with Crippen LogP contribution in [0.4, 0.5) is 17.6 Å². The summed E-state index contributed by atoms with van der Waals surface area (Å²) in [5.74, 6) is -6.80. The predicted molar refractivity (Wildman–Crippen MR) is 124 cm³/mol. The van der Waals surface area contributed by atoms with Crippen molar-refractivity contribution in [3.63, 3.8) is 0 Å². The molecule has 1 aliphatic rings. The molecular weight excluding hydrogens is 412 g/mol. The maximum absolute atomic E-state index is 13.9. The molecular formula is C28H36F4. The van der Waals surface area contributed by atoms with Gasteiger partial charge in [-0.3, -0.25) is 0 Å². The van der Waals surface area contributed by atoms with E-state index in [2.05, 4.69) is 19.1 Å². The van der Waals surface area contributed by atoms with Crippen molar-refractivity contribution in [2.24, 2.45) is 5.92 Å². The van der Waals surface area contributed by atoms with Crippen molar-refractivity contribution in [2.45, 2.75) is 95.8 Å². The summed E-state index contributed by atoms with van der Waals surface area (Å²) >= 11 is 0. The second kappa shape index (κ2) is 10.9. The number of hydrogen-bond acceptors (Lipinski definition) is 0. The van der Waals surface area contributed by atoms with Gasteiger partial charge in [-0.15, -0.1) is 0 Å². The zero-order chi connectivity index (χ0) is 23.2. The topological polar surface area (TPSA) is 0 Å². The highest BCUT2D eigenvalue weighted by atomic mass is 19.3. The molecule has 4 heteroatoms. The van der Waals surface area contributed by atoms with E-state index in [-0.39, 0.29) is 6.92 Å². The maximum Gasteiger partial charge on any atom is 0.335 e. The number of alkyl halides is 4. The average Bonchev–Trinajstić information content (AvgIpc) is 2.79. The summed E-state index contributed by atoms with van der Waals surface area (Å²) in [4.78, 5) is 0. The summed E-state index contributed by atoms with van der Waals surface area (Å²) in [7, 11) is 0. The van der Waals surface area contributed by atoms with E-state index in [4.69, 9.17) is 0 Å². The van der Waals surface area contributed by atoms with Crippen LogP contribution in [0, 0.1) is 5.92 Å². The van der Waals surface area contributed by atoms with Gasteiger partial charge in [0, 0.05) is 12.5 Å². The van der Waals surface area contributed by atoms with Crippen molar-refractivity contribution in [3.8, 4) is 11.1 Å². The second-order valence-corrected chi connectivity index (χ2v) is 9.58. The molecule has 0 unspecified atom stereocenters. The molecule has 3 rings (SSSR count). The third-order valence-electron chi connectivity index (χ3n) is 7.08. The molecule has 0 N–H and O–H groups in total. The normalized spacial score (nSPS) is 19.8. The molecule has 0 amide bonds. The van der Waals surface area contributed by atoms with Crippen molar-refractivity contribution in [2.75, 3.05) is 0 Å². The van der Waals surface area contributed by atoms with Gasteiger partial charge in [-0.1, -0.05) is 94.0 Å². The number of unbranched alkanes of at least 4 members (excludes halogenated alkanes) is 4. The zero-order valence-corrected chi connectivity index (χ0v) is 19.4. The summed E-state index contributed by atoms with van der Waals surface area (Å²) in [5.41, 5.74) is 2.34. The van der Waals surface area contributed by atoms with Crippen LogP contribution in [0.3, 0.4) is 0 Å². The maximum atomic E-state index is 13.9. The van der Waals surface area contributed by atoms with Crippen molar-refractivity contribution in [1.82, 2.24) is 0 Å². The lowest BCUT2D eigenvalue weighted by molar-refractivity contribution is -0.204. The van der Waals surface area contributed by atoms with E-state index >= 15 is 0 Å². The Labute approximate surface area is 190 Å². The van der Waals surface area contributed by atoms with Crippen molar-refractivity contribution >= 4 is 0 Å². The molecule has 32 heavy (non-hydrogen) atoms. The van der Waals surface area contributed by atoms with Gasteiger partial charge in [-0.05, 0) is 54.2 Å². The Kier molecular flexibility index (Phi) is 8.41. The lowest BCUT2D eigenvalue weighted by Gasteiger charge is -2.29. The SMILES string of the molecule is CCCCCCC[C@H]1CC[C@H](c2ccc(-c3ccc(C(F)(F)C(C)(F)F)cc3)cc2)CC1. The highest BCUT2D eigenvalue weighted by Crippen LogP contribution is 2.43. The fraction of sp³-hybridized carbons (Fsp3) is 0.571. The number of hydrogen-bond donors (Lipinski definition) is 0. The largest absolute Gasteiger partial charge is 0.335 e. The van der Waals surface area contributed by atoms with Gasteiger partial charge in [0.05, 0.1) is 0 Å². The van der Waals surface area contributed by atoms with Gasteiger partial charge in [0.2, 0.25) is 0 Å². The number of halogens is 4. The summed E-state index contributed by atoms with van der Waals surface area (Å²) in [5, 5.41) is 0. The van der Waals surface area contributed by atoms with E-state index in [9.17, 15) is 17.6 Å². The summed E-state index contributed by atoms with van der Waals surface area (Å²) in [6, 6.07) is 13.5. The fourth-order valence-corrected chi connectivity index (χ4v) is 4.89. The Morgan fingerprint density at radius 1 is 0.719 bits per heavy atom. The molecule has 0 atom stereocenters. The molecule has 1 saturated carbocycles. The van der Waals surface area contributed by atoms with E-state index in [0.717, 1.165) is 29.2 Å². The molecule has 0 radical (unpaired) electrons. The smallest absolute Gasteiger partial charge is 0.200 e.